The molecule has 5 nitrogen and oxygen atoms in total. The van der Waals surface area contributed by atoms with Gasteiger partial charge in [-0.05, 0) is 54.8 Å². The zero-order valence-electron chi connectivity index (χ0n) is 18.9. The van der Waals surface area contributed by atoms with Crippen LogP contribution in [0.1, 0.15) is 36.0 Å². The number of ketones is 1. The predicted molar refractivity (Wildman–Crippen MR) is 128 cm³/mol. The van der Waals surface area contributed by atoms with Crippen LogP contribution in [0.5, 0.6) is 0 Å². The van der Waals surface area contributed by atoms with Gasteiger partial charge in [0.2, 0.25) is 5.91 Å². The first-order valence-electron chi connectivity index (χ1n) is 11.7. The summed E-state index contributed by atoms with van der Waals surface area (Å²) in [6, 6.07) is 17.6. The molecule has 3 aromatic rings. The van der Waals surface area contributed by atoms with E-state index in [4.69, 9.17) is 0 Å². The minimum absolute atomic E-state index is 0.0663. The number of halogens is 2. The van der Waals surface area contributed by atoms with Crippen LogP contribution in [0.25, 0.3) is 10.8 Å². The number of hydrogen-bond acceptors (Lipinski definition) is 4. The van der Waals surface area contributed by atoms with Gasteiger partial charge in [-0.3, -0.25) is 9.59 Å². The Morgan fingerprint density at radius 2 is 1.71 bits per heavy atom. The van der Waals surface area contributed by atoms with Crippen LogP contribution in [0.15, 0.2) is 60.7 Å². The van der Waals surface area contributed by atoms with E-state index >= 15 is 0 Å². The number of piperidine rings is 1. The van der Waals surface area contributed by atoms with Crippen molar-refractivity contribution in [2.24, 2.45) is 0 Å². The average molecular weight is 464 g/mol. The summed E-state index contributed by atoms with van der Waals surface area (Å²) >= 11 is 0. The molecule has 0 saturated carbocycles. The fraction of sp³-hybridized carbons (Fsp3) is 0.333. The van der Waals surface area contributed by atoms with Gasteiger partial charge in [-0.15, -0.1) is 0 Å². The molecular weight excluding hydrogens is 436 g/mol. The first kappa shape index (κ1) is 22.5. The van der Waals surface area contributed by atoms with Gasteiger partial charge in [0.25, 0.3) is 0 Å². The molecule has 34 heavy (non-hydrogen) atoms. The summed E-state index contributed by atoms with van der Waals surface area (Å²) in [6.07, 6.45) is 2.41. The van der Waals surface area contributed by atoms with Gasteiger partial charge in [-0.25, -0.2) is 8.78 Å². The summed E-state index contributed by atoms with van der Waals surface area (Å²) in [5, 5.41) is 5.06. The van der Waals surface area contributed by atoms with E-state index in [0.29, 0.717) is 38.0 Å². The molecule has 3 aromatic carbocycles. The maximum atomic E-state index is 13.8. The molecule has 0 bridgehead atoms. The van der Waals surface area contributed by atoms with Gasteiger partial charge in [0.15, 0.2) is 17.4 Å². The monoisotopic (exact) mass is 463 g/mol. The number of nitrogens with zero attached hydrogens (tertiary/aromatic N) is 2. The van der Waals surface area contributed by atoms with E-state index in [1.54, 1.807) is 0 Å². The maximum absolute atomic E-state index is 13.8. The molecule has 0 radical (unpaired) electrons. The maximum Gasteiger partial charge on any atom is 0.247 e. The molecule has 0 aliphatic carbocycles. The zero-order valence-corrected chi connectivity index (χ0v) is 18.9. The standard InChI is InChI=1S/C27H27F2N3O2/c28-23-10-9-22(17-24(23)29)32-18-30-26(34)27(32)11-14-31(15-12-27)13-3-6-25(33)21-8-7-19-4-1-2-5-20(19)16-21/h1-2,4-5,7-10,16-17H,3,6,11-15,18H2,(H,30,34). The fourth-order valence-electron chi connectivity index (χ4n) is 5.19. The smallest absolute Gasteiger partial charge is 0.247 e. The van der Waals surface area contributed by atoms with Gasteiger partial charge in [0.05, 0.1) is 6.67 Å². The molecule has 0 atom stereocenters. The summed E-state index contributed by atoms with van der Waals surface area (Å²) in [5.41, 5.74) is 0.495. The lowest BCUT2D eigenvalue weighted by Crippen LogP contribution is -2.56. The third-order valence-corrected chi connectivity index (χ3v) is 7.18. The highest BCUT2D eigenvalue weighted by atomic mass is 19.2. The number of likely N-dealkylation sites (tertiary alicyclic amines) is 1. The van der Waals surface area contributed by atoms with Gasteiger partial charge in [-0.1, -0.05) is 36.4 Å². The second-order valence-electron chi connectivity index (χ2n) is 9.15. The molecule has 5 rings (SSSR count). The largest absolute Gasteiger partial charge is 0.339 e. The molecule has 1 amide bonds. The number of Topliss-reactive ketones (excluding diaryl/α,β-unsaturated/α-hetero) is 1. The van der Waals surface area contributed by atoms with Gasteiger partial charge >= 0.3 is 0 Å². The van der Waals surface area contributed by atoms with E-state index in [-0.39, 0.29) is 18.4 Å². The lowest BCUT2D eigenvalue weighted by Gasteiger charge is -2.43. The summed E-state index contributed by atoms with van der Waals surface area (Å²) in [7, 11) is 0. The molecule has 2 fully saturated rings. The van der Waals surface area contributed by atoms with Crippen molar-refractivity contribution in [2.75, 3.05) is 31.2 Å². The second kappa shape index (κ2) is 9.14. The van der Waals surface area contributed by atoms with Crippen LogP contribution in [0, 0.1) is 11.6 Å². The summed E-state index contributed by atoms with van der Waals surface area (Å²) in [5.74, 6) is -1.74. The number of hydrogen-bond donors (Lipinski definition) is 1. The number of carbonyl (C=O) groups is 2. The lowest BCUT2D eigenvalue weighted by atomic mass is 9.85. The number of amides is 1. The lowest BCUT2D eigenvalue weighted by molar-refractivity contribution is -0.125. The van der Waals surface area contributed by atoms with Crippen LogP contribution in [-0.2, 0) is 4.79 Å². The molecule has 0 aromatic heterocycles. The van der Waals surface area contributed by atoms with Gasteiger partial charge in [0, 0.05) is 36.8 Å². The minimum atomic E-state index is -0.916. The van der Waals surface area contributed by atoms with Crippen LogP contribution < -0.4 is 10.2 Å². The molecule has 176 valence electrons. The van der Waals surface area contributed by atoms with Gasteiger partial charge in [-0.2, -0.15) is 0 Å². The fourth-order valence-corrected chi connectivity index (χ4v) is 5.19. The molecular formula is C27H27F2N3O2. The van der Waals surface area contributed by atoms with Crippen molar-refractivity contribution >= 4 is 28.2 Å². The van der Waals surface area contributed by atoms with Crippen molar-refractivity contribution in [1.29, 1.82) is 0 Å². The summed E-state index contributed by atoms with van der Waals surface area (Å²) < 4.78 is 27.2. The molecule has 7 heteroatoms. The van der Waals surface area contributed by atoms with E-state index in [0.717, 1.165) is 41.4 Å². The Morgan fingerprint density at radius 1 is 0.941 bits per heavy atom. The molecule has 2 aliphatic rings. The minimum Gasteiger partial charge on any atom is -0.339 e. The number of carbonyl (C=O) groups excluding carboxylic acids is 2. The number of anilines is 1. The van der Waals surface area contributed by atoms with Gasteiger partial charge in [0.1, 0.15) is 5.54 Å². The van der Waals surface area contributed by atoms with E-state index < -0.39 is 17.2 Å². The van der Waals surface area contributed by atoms with Crippen molar-refractivity contribution in [1.82, 2.24) is 10.2 Å². The quantitative estimate of drug-likeness (QED) is 0.547. The Bertz CT molecular complexity index is 1240. The van der Waals surface area contributed by atoms with E-state index in [1.165, 1.54) is 6.07 Å². The van der Waals surface area contributed by atoms with Crippen molar-refractivity contribution in [3.8, 4) is 0 Å². The van der Waals surface area contributed by atoms with Crippen molar-refractivity contribution in [3.63, 3.8) is 0 Å². The van der Waals surface area contributed by atoms with E-state index in [2.05, 4.69) is 10.2 Å². The molecule has 2 heterocycles. The molecule has 0 unspecified atom stereocenters. The Kier molecular flexibility index (Phi) is 6.04. The zero-order chi connectivity index (χ0) is 23.7. The summed E-state index contributed by atoms with van der Waals surface area (Å²) in [4.78, 5) is 29.6. The molecule has 2 aliphatic heterocycles. The number of fused-ring (bicyclic) bond motifs is 1. The first-order chi connectivity index (χ1) is 16.5. The predicted octanol–water partition coefficient (Wildman–Crippen LogP) is 4.51. The Labute approximate surface area is 197 Å². The average Bonchev–Trinajstić information content (AvgIpc) is 3.17. The van der Waals surface area contributed by atoms with Crippen LogP contribution in [0.4, 0.5) is 14.5 Å². The molecule has 1 N–H and O–H groups in total. The Hall–Kier alpha value is -3.32. The highest BCUT2D eigenvalue weighted by molar-refractivity contribution is 6.00. The molecule has 2 saturated heterocycles. The highest BCUT2D eigenvalue weighted by Gasteiger charge is 2.50. The van der Waals surface area contributed by atoms with Crippen molar-refractivity contribution in [3.05, 3.63) is 77.9 Å². The Balaban J connectivity index is 1.17. The Morgan fingerprint density at radius 3 is 2.47 bits per heavy atom. The normalized spacial score (nSPS) is 17.9. The highest BCUT2D eigenvalue weighted by Crippen LogP contribution is 2.36. The second-order valence-corrected chi connectivity index (χ2v) is 9.15. The van der Waals surface area contributed by atoms with Crippen LogP contribution in [0.3, 0.4) is 0 Å². The molecule has 1 spiro atoms. The summed E-state index contributed by atoms with van der Waals surface area (Å²) in [6.45, 7) is 2.47. The van der Waals surface area contributed by atoms with Crippen molar-refractivity contribution < 1.29 is 18.4 Å². The third-order valence-electron chi connectivity index (χ3n) is 7.18. The van der Waals surface area contributed by atoms with Crippen LogP contribution in [0.2, 0.25) is 0 Å². The van der Waals surface area contributed by atoms with Crippen LogP contribution >= 0.6 is 0 Å². The number of nitrogens with one attached hydrogen (secondary N) is 1. The first-order valence-corrected chi connectivity index (χ1v) is 11.7. The van der Waals surface area contributed by atoms with Crippen molar-refractivity contribution in [2.45, 2.75) is 31.2 Å². The topological polar surface area (TPSA) is 52.7 Å². The van der Waals surface area contributed by atoms with E-state index in [1.807, 2.05) is 47.4 Å². The number of benzene rings is 3. The third kappa shape index (κ3) is 4.16. The van der Waals surface area contributed by atoms with Gasteiger partial charge < -0.3 is 15.1 Å². The van der Waals surface area contributed by atoms with Crippen LogP contribution in [-0.4, -0.2) is 48.4 Å². The SMILES string of the molecule is O=C(CCCN1CCC2(CC1)C(=O)NCN2c1ccc(F)c(F)c1)c1ccc2ccccc2c1. The number of rotatable bonds is 6. The van der Waals surface area contributed by atoms with E-state index in [9.17, 15) is 18.4 Å².